The van der Waals surface area contributed by atoms with E-state index < -0.39 is 6.10 Å². The van der Waals surface area contributed by atoms with Crippen molar-refractivity contribution in [2.75, 3.05) is 31.1 Å². The summed E-state index contributed by atoms with van der Waals surface area (Å²) in [6.07, 6.45) is 2.96. The molecule has 0 saturated carbocycles. The fourth-order valence-corrected chi connectivity index (χ4v) is 2.97. The third-order valence-corrected chi connectivity index (χ3v) is 4.44. The molecule has 0 amide bonds. The molecule has 0 radical (unpaired) electrons. The zero-order chi connectivity index (χ0) is 18.5. The van der Waals surface area contributed by atoms with Crippen molar-refractivity contribution in [3.05, 3.63) is 65.8 Å². The van der Waals surface area contributed by atoms with Gasteiger partial charge in [-0.3, -0.25) is 4.79 Å². The van der Waals surface area contributed by atoms with Crippen LogP contribution in [0.15, 0.2) is 54.4 Å². The number of hydrogen-bond donors (Lipinski definition) is 1. The average Bonchev–Trinajstić information content (AvgIpc) is 2.68. The Hall–Kier alpha value is -2.73. The van der Waals surface area contributed by atoms with Crippen LogP contribution in [-0.2, 0) is 0 Å². The van der Waals surface area contributed by atoms with E-state index in [4.69, 9.17) is 0 Å². The molecule has 1 fully saturated rings. The molecule has 6 nitrogen and oxygen atoms in total. The fourth-order valence-electron chi connectivity index (χ4n) is 2.97. The second-order valence-corrected chi connectivity index (χ2v) is 6.48. The molecule has 0 bridgehead atoms. The molecule has 26 heavy (non-hydrogen) atoms. The summed E-state index contributed by atoms with van der Waals surface area (Å²) >= 11 is 0. The minimum atomic E-state index is -0.675. The van der Waals surface area contributed by atoms with Gasteiger partial charge in [0, 0.05) is 49.7 Å². The van der Waals surface area contributed by atoms with Gasteiger partial charge in [0.05, 0.1) is 0 Å². The van der Waals surface area contributed by atoms with E-state index in [9.17, 15) is 9.90 Å². The average molecular weight is 352 g/mol. The van der Waals surface area contributed by atoms with Crippen LogP contribution in [0.1, 0.15) is 36.1 Å². The van der Waals surface area contributed by atoms with Crippen molar-refractivity contribution in [3.63, 3.8) is 0 Å². The van der Waals surface area contributed by atoms with Gasteiger partial charge in [-0.1, -0.05) is 30.3 Å². The van der Waals surface area contributed by atoms with Crippen molar-refractivity contribution >= 4 is 11.6 Å². The largest absolute Gasteiger partial charge is 0.385 e. The third-order valence-electron chi connectivity index (χ3n) is 4.44. The number of aliphatic hydroxyl groups excluding tert-OH is 1. The lowest BCUT2D eigenvalue weighted by Gasteiger charge is -2.35. The van der Waals surface area contributed by atoms with E-state index in [0.29, 0.717) is 11.4 Å². The van der Waals surface area contributed by atoms with Crippen LogP contribution in [0.3, 0.4) is 0 Å². The van der Waals surface area contributed by atoms with Gasteiger partial charge in [0.1, 0.15) is 11.9 Å². The molecule has 1 saturated heterocycles. The first-order valence-electron chi connectivity index (χ1n) is 8.83. The maximum atomic E-state index is 12.5. The normalized spacial score (nSPS) is 16.5. The zero-order valence-electron chi connectivity index (χ0n) is 15.2. The molecular formula is C20H24N4O2. The second-order valence-electron chi connectivity index (χ2n) is 6.48. The number of hydrogen-bond acceptors (Lipinski definition) is 6. The lowest BCUT2D eigenvalue weighted by atomic mass is 10.1. The molecule has 2 heterocycles. The SMILES string of the molecule is C/C(=C\N1CCN(c2ccnc([C@@H](C)O)n2)CC1)C(=O)c1ccccc1. The van der Waals surface area contributed by atoms with Crippen molar-refractivity contribution < 1.29 is 9.90 Å². The molecule has 1 atom stereocenters. The lowest BCUT2D eigenvalue weighted by Crippen LogP contribution is -2.44. The molecule has 6 heteroatoms. The number of aromatic nitrogens is 2. The number of Topliss-reactive ketones (excluding diaryl/α,β-unsaturated/α-hetero) is 1. The Morgan fingerprint density at radius 3 is 2.50 bits per heavy atom. The minimum Gasteiger partial charge on any atom is -0.385 e. The van der Waals surface area contributed by atoms with Crippen LogP contribution in [-0.4, -0.2) is 51.9 Å². The van der Waals surface area contributed by atoms with E-state index in [1.165, 1.54) is 0 Å². The maximum absolute atomic E-state index is 12.5. The number of aliphatic hydroxyl groups is 1. The number of anilines is 1. The summed E-state index contributed by atoms with van der Waals surface area (Å²) in [5.74, 6) is 1.33. The van der Waals surface area contributed by atoms with E-state index in [1.54, 1.807) is 13.1 Å². The number of allylic oxidation sites excluding steroid dienone is 1. The zero-order valence-corrected chi connectivity index (χ0v) is 15.2. The number of piperazine rings is 1. The Morgan fingerprint density at radius 2 is 1.85 bits per heavy atom. The van der Waals surface area contributed by atoms with Crippen LogP contribution in [0, 0.1) is 0 Å². The van der Waals surface area contributed by atoms with Crippen molar-refractivity contribution in [2.45, 2.75) is 20.0 Å². The Balaban J connectivity index is 1.61. The fraction of sp³-hybridized carbons (Fsp3) is 0.350. The van der Waals surface area contributed by atoms with E-state index in [-0.39, 0.29) is 5.78 Å². The molecule has 3 rings (SSSR count). The number of carbonyl (C=O) groups excluding carboxylic acids is 1. The smallest absolute Gasteiger partial charge is 0.190 e. The van der Waals surface area contributed by atoms with Crippen molar-refractivity contribution in [1.29, 1.82) is 0 Å². The first-order valence-corrected chi connectivity index (χ1v) is 8.83. The summed E-state index contributed by atoms with van der Waals surface area (Å²) < 4.78 is 0. The van der Waals surface area contributed by atoms with Gasteiger partial charge in [0.2, 0.25) is 0 Å². The summed E-state index contributed by atoms with van der Waals surface area (Å²) in [5, 5.41) is 9.64. The van der Waals surface area contributed by atoms with Gasteiger partial charge in [-0.25, -0.2) is 9.97 Å². The molecule has 1 aliphatic rings. The van der Waals surface area contributed by atoms with E-state index in [2.05, 4.69) is 19.8 Å². The van der Waals surface area contributed by atoms with Gasteiger partial charge >= 0.3 is 0 Å². The summed E-state index contributed by atoms with van der Waals surface area (Å²) in [5.41, 5.74) is 1.45. The van der Waals surface area contributed by atoms with Crippen LogP contribution < -0.4 is 4.90 Å². The van der Waals surface area contributed by atoms with Gasteiger partial charge in [0.25, 0.3) is 0 Å². The number of rotatable bonds is 5. The molecule has 0 unspecified atom stereocenters. The Kier molecular flexibility index (Phi) is 5.63. The summed E-state index contributed by atoms with van der Waals surface area (Å²) in [7, 11) is 0. The van der Waals surface area contributed by atoms with Gasteiger partial charge < -0.3 is 14.9 Å². The lowest BCUT2D eigenvalue weighted by molar-refractivity contribution is 0.103. The number of ketones is 1. The second kappa shape index (κ2) is 8.10. The molecule has 0 aliphatic carbocycles. The van der Waals surface area contributed by atoms with Gasteiger partial charge in [-0.05, 0) is 19.9 Å². The van der Waals surface area contributed by atoms with Crippen molar-refractivity contribution in [3.8, 4) is 0 Å². The van der Waals surface area contributed by atoms with E-state index in [1.807, 2.05) is 49.5 Å². The van der Waals surface area contributed by atoms with Crippen LogP contribution in [0.2, 0.25) is 0 Å². The van der Waals surface area contributed by atoms with Crippen molar-refractivity contribution in [1.82, 2.24) is 14.9 Å². The molecule has 1 N–H and O–H groups in total. The highest BCUT2D eigenvalue weighted by molar-refractivity contribution is 6.08. The predicted molar refractivity (Wildman–Crippen MR) is 101 cm³/mol. The van der Waals surface area contributed by atoms with E-state index >= 15 is 0 Å². The first-order chi connectivity index (χ1) is 12.5. The van der Waals surface area contributed by atoms with Crippen LogP contribution >= 0.6 is 0 Å². The van der Waals surface area contributed by atoms with Crippen LogP contribution in [0.5, 0.6) is 0 Å². The number of carbonyl (C=O) groups is 1. The third kappa shape index (κ3) is 4.26. The predicted octanol–water partition coefficient (Wildman–Crippen LogP) is 2.44. The highest BCUT2D eigenvalue weighted by atomic mass is 16.3. The quantitative estimate of drug-likeness (QED) is 0.658. The van der Waals surface area contributed by atoms with E-state index in [0.717, 1.165) is 37.6 Å². The molecule has 136 valence electrons. The molecular weight excluding hydrogens is 328 g/mol. The highest BCUT2D eigenvalue weighted by Crippen LogP contribution is 2.17. The maximum Gasteiger partial charge on any atom is 0.190 e. The highest BCUT2D eigenvalue weighted by Gasteiger charge is 2.18. The van der Waals surface area contributed by atoms with Gasteiger partial charge in [-0.15, -0.1) is 0 Å². The summed E-state index contributed by atoms with van der Waals surface area (Å²) in [4.78, 5) is 25.3. The molecule has 2 aromatic rings. The summed E-state index contributed by atoms with van der Waals surface area (Å²) in [6.45, 7) is 6.76. The Labute approximate surface area is 153 Å². The topological polar surface area (TPSA) is 69.6 Å². The van der Waals surface area contributed by atoms with Crippen LogP contribution in [0.4, 0.5) is 5.82 Å². The van der Waals surface area contributed by atoms with Crippen LogP contribution in [0.25, 0.3) is 0 Å². The Morgan fingerprint density at radius 1 is 1.15 bits per heavy atom. The van der Waals surface area contributed by atoms with Crippen molar-refractivity contribution in [2.24, 2.45) is 0 Å². The monoisotopic (exact) mass is 352 g/mol. The standard InChI is InChI=1S/C20H24N4O2/c1-15(19(26)17-6-4-3-5-7-17)14-23-10-12-24(13-11-23)18-8-9-21-20(22-18)16(2)25/h3-9,14,16,25H,10-13H2,1-2H3/b15-14+/t16-/m1/s1. The Bertz CT molecular complexity index is 781. The van der Waals surface area contributed by atoms with Gasteiger partial charge in [0.15, 0.2) is 11.6 Å². The van der Waals surface area contributed by atoms with Gasteiger partial charge in [-0.2, -0.15) is 0 Å². The number of nitrogens with zero attached hydrogens (tertiary/aromatic N) is 4. The molecule has 1 aliphatic heterocycles. The number of benzene rings is 1. The first kappa shape index (κ1) is 18.1. The molecule has 1 aromatic carbocycles. The summed E-state index contributed by atoms with van der Waals surface area (Å²) in [6, 6.07) is 11.2. The minimum absolute atomic E-state index is 0.0606. The molecule has 1 aromatic heterocycles. The molecule has 0 spiro atoms.